The van der Waals surface area contributed by atoms with Crippen molar-refractivity contribution in [2.75, 3.05) is 25.4 Å². The van der Waals surface area contributed by atoms with E-state index in [4.69, 9.17) is 0 Å². The van der Waals surface area contributed by atoms with Crippen LogP contribution in [0.4, 0.5) is 0 Å². The van der Waals surface area contributed by atoms with Crippen LogP contribution in [-0.2, 0) is 9.84 Å². The van der Waals surface area contributed by atoms with E-state index in [1.54, 1.807) is 30.5 Å². The highest BCUT2D eigenvalue weighted by Gasteiger charge is 2.22. The molecule has 0 radical (unpaired) electrons. The van der Waals surface area contributed by atoms with Crippen molar-refractivity contribution in [3.05, 3.63) is 48.3 Å². The van der Waals surface area contributed by atoms with Crippen molar-refractivity contribution < 1.29 is 8.42 Å². The lowest BCUT2D eigenvalue weighted by Crippen LogP contribution is -2.35. The van der Waals surface area contributed by atoms with E-state index in [0.717, 1.165) is 26.1 Å². The second-order valence-electron chi connectivity index (χ2n) is 6.14. The van der Waals surface area contributed by atoms with Gasteiger partial charge in [-0.1, -0.05) is 18.2 Å². The van der Waals surface area contributed by atoms with Gasteiger partial charge in [0.15, 0.2) is 9.84 Å². The quantitative estimate of drug-likeness (QED) is 0.882. The Bertz CT molecular complexity index is 699. The minimum absolute atomic E-state index is 0.211. The Hall–Kier alpha value is -1.66. The van der Waals surface area contributed by atoms with Crippen molar-refractivity contribution in [3.8, 4) is 0 Å². The van der Waals surface area contributed by atoms with Gasteiger partial charge in [-0.05, 0) is 50.6 Å². The highest BCUT2D eigenvalue weighted by Crippen LogP contribution is 2.25. The van der Waals surface area contributed by atoms with Crippen LogP contribution in [-0.4, -0.2) is 48.9 Å². The highest BCUT2D eigenvalue weighted by molar-refractivity contribution is 7.91. The number of nitrogens with zero attached hydrogens (tertiary/aromatic N) is 2. The van der Waals surface area contributed by atoms with Gasteiger partial charge >= 0.3 is 0 Å². The van der Waals surface area contributed by atoms with E-state index in [0.29, 0.717) is 17.2 Å². The average molecular weight is 333 g/mol. The summed E-state index contributed by atoms with van der Waals surface area (Å²) in [6.45, 7) is 2.86. The molecule has 3 rings (SSSR count). The van der Waals surface area contributed by atoms with Gasteiger partial charge in [0.05, 0.1) is 10.6 Å². The van der Waals surface area contributed by atoms with Crippen LogP contribution in [0.5, 0.6) is 0 Å². The van der Waals surface area contributed by atoms with Crippen molar-refractivity contribution >= 4 is 9.84 Å². The zero-order valence-electron chi connectivity index (χ0n) is 13.2. The average Bonchev–Trinajstić information content (AvgIpc) is 3.10. The Labute approximate surface area is 137 Å². The van der Waals surface area contributed by atoms with Crippen LogP contribution >= 0.6 is 0 Å². The molecule has 0 saturated carbocycles. The fraction of sp³-hybridized carbons (Fsp3) is 0.471. The summed E-state index contributed by atoms with van der Waals surface area (Å²) in [5, 5.41) is 7.08. The molecular formula is C17H23N3O2S. The van der Waals surface area contributed by atoms with Gasteiger partial charge in [0.1, 0.15) is 0 Å². The van der Waals surface area contributed by atoms with Gasteiger partial charge in [0, 0.05) is 24.4 Å². The zero-order chi connectivity index (χ0) is 16.1. The molecule has 5 nitrogen and oxygen atoms in total. The van der Waals surface area contributed by atoms with E-state index in [1.807, 2.05) is 12.1 Å². The van der Waals surface area contributed by atoms with Crippen molar-refractivity contribution in [3.63, 3.8) is 0 Å². The van der Waals surface area contributed by atoms with Gasteiger partial charge in [0.25, 0.3) is 0 Å². The molecule has 0 amide bonds. The normalized spacial score (nSPS) is 19.7. The molecule has 23 heavy (non-hydrogen) atoms. The number of likely N-dealkylation sites (tertiary alicyclic amines) is 1. The Balaban J connectivity index is 1.51. The molecule has 0 unspecified atom stereocenters. The van der Waals surface area contributed by atoms with Gasteiger partial charge in [-0.2, -0.15) is 5.10 Å². The molecule has 1 aliphatic rings. The number of aromatic nitrogens is 2. The van der Waals surface area contributed by atoms with Crippen LogP contribution in [0, 0.1) is 0 Å². The Morgan fingerprint density at radius 3 is 2.78 bits per heavy atom. The minimum atomic E-state index is -3.16. The smallest absolute Gasteiger partial charge is 0.178 e. The van der Waals surface area contributed by atoms with Gasteiger partial charge in [-0.25, -0.2) is 8.42 Å². The van der Waals surface area contributed by atoms with Crippen LogP contribution in [0.2, 0.25) is 0 Å². The number of rotatable bonds is 6. The number of benzene rings is 1. The fourth-order valence-electron chi connectivity index (χ4n) is 3.23. The van der Waals surface area contributed by atoms with Crippen LogP contribution in [0.3, 0.4) is 0 Å². The summed E-state index contributed by atoms with van der Waals surface area (Å²) in [6.07, 6.45) is 4.78. The minimum Gasteiger partial charge on any atom is -0.303 e. The Kier molecular flexibility index (Phi) is 5.13. The molecule has 1 aromatic heterocycles. The third-order valence-electron chi connectivity index (χ3n) is 4.46. The third-order valence-corrected chi connectivity index (χ3v) is 6.27. The van der Waals surface area contributed by atoms with E-state index in [-0.39, 0.29) is 5.75 Å². The lowest BCUT2D eigenvalue weighted by atomic mass is 9.95. The lowest BCUT2D eigenvalue weighted by Gasteiger charge is -2.32. The zero-order valence-corrected chi connectivity index (χ0v) is 14.0. The Morgan fingerprint density at radius 1 is 1.22 bits per heavy atom. The first kappa shape index (κ1) is 16.2. The maximum Gasteiger partial charge on any atom is 0.178 e. The summed E-state index contributed by atoms with van der Waals surface area (Å²) in [4.78, 5) is 2.80. The van der Waals surface area contributed by atoms with Crippen molar-refractivity contribution in [1.82, 2.24) is 15.1 Å². The summed E-state index contributed by atoms with van der Waals surface area (Å²) in [5.41, 5.74) is 1.19. The summed E-state index contributed by atoms with van der Waals surface area (Å²) >= 11 is 0. The number of H-pyrrole nitrogens is 1. The molecule has 2 heterocycles. The van der Waals surface area contributed by atoms with Crippen LogP contribution in [0.1, 0.15) is 30.9 Å². The number of hydrogen-bond acceptors (Lipinski definition) is 4. The number of aromatic amines is 1. The van der Waals surface area contributed by atoms with Gasteiger partial charge in [-0.3, -0.25) is 5.10 Å². The standard InChI is InChI=1S/C17H23N3O2S/c21-23(22,16-7-2-1-3-8-16)13-5-12-20-11-4-6-15(14-20)17-9-10-18-19-17/h1-3,7-10,15H,4-6,11-14H2,(H,18,19)/t15-/m1/s1. The van der Waals surface area contributed by atoms with E-state index in [1.165, 1.54) is 12.1 Å². The molecule has 1 atom stereocenters. The molecule has 6 heteroatoms. The summed E-state index contributed by atoms with van der Waals surface area (Å²) in [7, 11) is -3.16. The predicted molar refractivity (Wildman–Crippen MR) is 90.1 cm³/mol. The molecule has 1 N–H and O–H groups in total. The molecule has 1 fully saturated rings. The molecule has 0 bridgehead atoms. The lowest BCUT2D eigenvalue weighted by molar-refractivity contribution is 0.207. The van der Waals surface area contributed by atoms with Crippen LogP contribution in [0.15, 0.2) is 47.5 Å². The maximum absolute atomic E-state index is 12.3. The number of piperidine rings is 1. The largest absolute Gasteiger partial charge is 0.303 e. The summed E-state index contributed by atoms with van der Waals surface area (Å²) in [5.74, 6) is 0.694. The topological polar surface area (TPSA) is 66.1 Å². The first-order chi connectivity index (χ1) is 11.1. The van der Waals surface area contributed by atoms with Crippen molar-refractivity contribution in [2.24, 2.45) is 0 Å². The maximum atomic E-state index is 12.3. The second-order valence-corrected chi connectivity index (χ2v) is 8.25. The molecule has 1 aromatic carbocycles. The first-order valence-electron chi connectivity index (χ1n) is 8.14. The second kappa shape index (κ2) is 7.27. The third kappa shape index (κ3) is 4.20. The predicted octanol–water partition coefficient (Wildman–Crippen LogP) is 2.45. The molecule has 0 aliphatic carbocycles. The highest BCUT2D eigenvalue weighted by atomic mass is 32.2. The molecule has 124 valence electrons. The monoisotopic (exact) mass is 333 g/mol. The van der Waals surface area contributed by atoms with Crippen LogP contribution in [0.25, 0.3) is 0 Å². The summed E-state index contributed by atoms with van der Waals surface area (Å²) in [6, 6.07) is 10.8. The van der Waals surface area contributed by atoms with Crippen molar-refractivity contribution in [2.45, 2.75) is 30.1 Å². The number of hydrogen-bond donors (Lipinski definition) is 1. The molecule has 1 aliphatic heterocycles. The SMILES string of the molecule is O=S(=O)(CCCN1CCC[C@@H](c2ccn[nH]2)C1)c1ccccc1. The Morgan fingerprint density at radius 2 is 2.04 bits per heavy atom. The molecular weight excluding hydrogens is 310 g/mol. The van der Waals surface area contributed by atoms with Gasteiger partial charge in [-0.15, -0.1) is 0 Å². The van der Waals surface area contributed by atoms with E-state index < -0.39 is 9.84 Å². The number of sulfone groups is 1. The van der Waals surface area contributed by atoms with Crippen LogP contribution < -0.4 is 0 Å². The molecule has 0 spiro atoms. The van der Waals surface area contributed by atoms with E-state index in [2.05, 4.69) is 15.1 Å². The first-order valence-corrected chi connectivity index (χ1v) is 9.80. The summed E-state index contributed by atoms with van der Waals surface area (Å²) < 4.78 is 24.6. The van der Waals surface area contributed by atoms with E-state index >= 15 is 0 Å². The van der Waals surface area contributed by atoms with Gasteiger partial charge < -0.3 is 4.90 Å². The number of nitrogens with one attached hydrogen (secondary N) is 1. The molecule has 1 saturated heterocycles. The van der Waals surface area contributed by atoms with Gasteiger partial charge in [0.2, 0.25) is 0 Å². The van der Waals surface area contributed by atoms with Crippen molar-refractivity contribution in [1.29, 1.82) is 0 Å². The van der Waals surface area contributed by atoms with E-state index in [9.17, 15) is 8.42 Å². The molecule has 2 aromatic rings. The fourth-order valence-corrected chi connectivity index (χ4v) is 4.55.